The van der Waals surface area contributed by atoms with E-state index in [9.17, 15) is 4.79 Å². The molecule has 1 N–H and O–H groups in total. The average Bonchev–Trinajstić information content (AvgIpc) is 2.16. The Labute approximate surface area is 98.3 Å². The minimum atomic E-state index is -0.432. The lowest BCUT2D eigenvalue weighted by atomic mass is 9.98. The van der Waals surface area contributed by atoms with Crippen LogP contribution in [0.2, 0.25) is 0 Å². The highest BCUT2D eigenvalue weighted by Crippen LogP contribution is 2.17. The van der Waals surface area contributed by atoms with Crippen LogP contribution in [-0.2, 0) is 9.63 Å². The number of rotatable bonds is 2. The number of hydrogen-bond donors (Lipinski definition) is 1. The van der Waals surface area contributed by atoms with E-state index < -0.39 is 5.41 Å². The second-order valence-electron chi connectivity index (χ2n) is 5.82. The lowest BCUT2D eigenvalue weighted by Crippen LogP contribution is -2.53. The van der Waals surface area contributed by atoms with E-state index in [0.717, 1.165) is 19.6 Å². The van der Waals surface area contributed by atoms with Crippen LogP contribution < -0.4 is 5.32 Å². The lowest BCUT2D eigenvalue weighted by Gasteiger charge is -2.35. The molecule has 1 atom stereocenters. The highest BCUT2D eigenvalue weighted by Gasteiger charge is 2.29. The van der Waals surface area contributed by atoms with Crippen molar-refractivity contribution < 1.29 is 9.63 Å². The summed E-state index contributed by atoms with van der Waals surface area (Å²) in [6.45, 7) is 12.4. The Kier molecular flexibility index (Phi) is 4.33. The van der Waals surface area contributed by atoms with Crippen LogP contribution in [0, 0.1) is 11.3 Å². The maximum atomic E-state index is 11.7. The van der Waals surface area contributed by atoms with Crippen LogP contribution in [0.4, 0.5) is 0 Å². The summed E-state index contributed by atoms with van der Waals surface area (Å²) in [5.41, 5.74) is -0.432. The van der Waals surface area contributed by atoms with E-state index in [1.54, 1.807) is 5.06 Å². The molecule has 16 heavy (non-hydrogen) atoms. The number of hydroxylamine groups is 2. The van der Waals surface area contributed by atoms with E-state index in [2.05, 4.69) is 19.2 Å². The van der Waals surface area contributed by atoms with Crippen LogP contribution in [0.5, 0.6) is 0 Å². The monoisotopic (exact) mass is 228 g/mol. The van der Waals surface area contributed by atoms with Crippen molar-refractivity contribution in [3.63, 3.8) is 0 Å². The molecule has 0 bridgehead atoms. The van der Waals surface area contributed by atoms with Gasteiger partial charge in [-0.3, -0.25) is 0 Å². The molecule has 0 aromatic heterocycles. The molecule has 94 valence electrons. The van der Waals surface area contributed by atoms with Crippen molar-refractivity contribution in [3.05, 3.63) is 0 Å². The van der Waals surface area contributed by atoms with Gasteiger partial charge in [0.15, 0.2) is 0 Å². The molecule has 0 saturated carbocycles. The molecule has 0 aromatic carbocycles. The Morgan fingerprint density at radius 2 is 2.06 bits per heavy atom. The molecule has 0 radical (unpaired) electrons. The standard InChI is InChI=1S/C12H24N2O2/c1-9(2)10-8-14(7-6-13-10)16-11(15)12(3,4)5/h9-10,13H,6-8H2,1-5H3. The topological polar surface area (TPSA) is 41.6 Å². The fourth-order valence-corrected chi connectivity index (χ4v) is 1.53. The third-order valence-corrected chi connectivity index (χ3v) is 2.80. The van der Waals surface area contributed by atoms with Crippen LogP contribution in [0.3, 0.4) is 0 Å². The molecule has 4 nitrogen and oxygen atoms in total. The molecular weight excluding hydrogens is 204 g/mol. The van der Waals surface area contributed by atoms with Crippen molar-refractivity contribution >= 4 is 5.97 Å². The normalized spacial score (nSPS) is 23.5. The highest BCUT2D eigenvalue weighted by atomic mass is 16.7. The number of hydrogen-bond acceptors (Lipinski definition) is 4. The summed E-state index contributed by atoms with van der Waals surface area (Å²) in [7, 11) is 0. The molecular formula is C12H24N2O2. The average molecular weight is 228 g/mol. The van der Waals surface area contributed by atoms with E-state index in [4.69, 9.17) is 4.84 Å². The molecule has 0 spiro atoms. The molecule has 1 saturated heterocycles. The van der Waals surface area contributed by atoms with Crippen LogP contribution in [0.15, 0.2) is 0 Å². The van der Waals surface area contributed by atoms with Gasteiger partial charge in [-0.1, -0.05) is 13.8 Å². The van der Waals surface area contributed by atoms with E-state index in [-0.39, 0.29) is 5.97 Å². The van der Waals surface area contributed by atoms with Gasteiger partial charge in [-0.05, 0) is 26.7 Å². The minimum Gasteiger partial charge on any atom is -0.367 e. The van der Waals surface area contributed by atoms with Gasteiger partial charge >= 0.3 is 5.97 Å². The molecule has 1 unspecified atom stereocenters. The molecule has 1 heterocycles. The van der Waals surface area contributed by atoms with Crippen LogP contribution in [0.25, 0.3) is 0 Å². The number of nitrogens with one attached hydrogen (secondary N) is 1. The molecule has 1 aliphatic heterocycles. The fraction of sp³-hybridized carbons (Fsp3) is 0.917. The maximum Gasteiger partial charge on any atom is 0.330 e. The van der Waals surface area contributed by atoms with Gasteiger partial charge in [0.05, 0.1) is 12.0 Å². The zero-order chi connectivity index (χ0) is 12.3. The van der Waals surface area contributed by atoms with Gasteiger partial charge in [0.1, 0.15) is 0 Å². The Hall–Kier alpha value is -0.610. The van der Waals surface area contributed by atoms with Gasteiger partial charge in [0.25, 0.3) is 0 Å². The number of nitrogens with zero attached hydrogens (tertiary/aromatic N) is 1. The predicted octanol–water partition coefficient (Wildman–Crippen LogP) is 1.42. The first kappa shape index (κ1) is 13.5. The van der Waals surface area contributed by atoms with Gasteiger partial charge in [-0.25, -0.2) is 4.79 Å². The SMILES string of the molecule is CC(C)C1CN(OC(=O)C(C)(C)C)CCN1. The summed E-state index contributed by atoms with van der Waals surface area (Å²) in [6.07, 6.45) is 0. The Balaban J connectivity index is 2.46. The van der Waals surface area contributed by atoms with E-state index in [1.807, 2.05) is 20.8 Å². The summed E-state index contributed by atoms with van der Waals surface area (Å²) in [5, 5.41) is 5.21. The third kappa shape index (κ3) is 3.76. The Morgan fingerprint density at radius 3 is 2.56 bits per heavy atom. The van der Waals surface area contributed by atoms with Crippen LogP contribution in [0.1, 0.15) is 34.6 Å². The summed E-state index contributed by atoms with van der Waals surface area (Å²) in [4.78, 5) is 17.1. The summed E-state index contributed by atoms with van der Waals surface area (Å²) in [5.74, 6) is 0.396. The minimum absolute atomic E-state index is 0.156. The van der Waals surface area contributed by atoms with Crippen molar-refractivity contribution in [1.29, 1.82) is 0 Å². The zero-order valence-electron chi connectivity index (χ0n) is 11.0. The fourth-order valence-electron chi connectivity index (χ4n) is 1.53. The molecule has 1 aliphatic rings. The van der Waals surface area contributed by atoms with Crippen LogP contribution in [-0.4, -0.2) is 36.7 Å². The summed E-state index contributed by atoms with van der Waals surface area (Å²) < 4.78 is 0. The van der Waals surface area contributed by atoms with Crippen molar-refractivity contribution in [1.82, 2.24) is 10.4 Å². The highest BCUT2D eigenvalue weighted by molar-refractivity contribution is 5.75. The largest absolute Gasteiger partial charge is 0.367 e. The molecule has 0 amide bonds. The molecule has 1 rings (SSSR count). The summed E-state index contributed by atoms with van der Waals surface area (Å²) >= 11 is 0. The van der Waals surface area contributed by atoms with E-state index in [0.29, 0.717) is 12.0 Å². The van der Waals surface area contributed by atoms with Crippen molar-refractivity contribution in [3.8, 4) is 0 Å². The number of carbonyl (C=O) groups excluding carboxylic acids is 1. The van der Waals surface area contributed by atoms with Gasteiger partial charge in [0.2, 0.25) is 0 Å². The molecule has 0 aliphatic carbocycles. The zero-order valence-corrected chi connectivity index (χ0v) is 11.0. The first-order chi connectivity index (χ1) is 7.30. The van der Waals surface area contributed by atoms with Crippen molar-refractivity contribution in [2.45, 2.75) is 40.7 Å². The smallest absolute Gasteiger partial charge is 0.330 e. The van der Waals surface area contributed by atoms with Crippen molar-refractivity contribution in [2.75, 3.05) is 19.6 Å². The molecule has 0 aromatic rings. The second-order valence-corrected chi connectivity index (χ2v) is 5.82. The lowest BCUT2D eigenvalue weighted by molar-refractivity contribution is -0.205. The van der Waals surface area contributed by atoms with Crippen molar-refractivity contribution in [2.24, 2.45) is 11.3 Å². The van der Waals surface area contributed by atoms with Gasteiger partial charge in [-0.15, -0.1) is 5.06 Å². The molecule has 4 heteroatoms. The first-order valence-corrected chi connectivity index (χ1v) is 6.01. The second kappa shape index (κ2) is 5.15. The molecule has 1 fully saturated rings. The van der Waals surface area contributed by atoms with E-state index >= 15 is 0 Å². The Morgan fingerprint density at radius 1 is 1.44 bits per heavy atom. The maximum absolute atomic E-state index is 11.7. The number of carbonyl (C=O) groups is 1. The van der Waals surface area contributed by atoms with Gasteiger partial charge in [-0.2, -0.15) is 0 Å². The van der Waals surface area contributed by atoms with E-state index in [1.165, 1.54) is 0 Å². The van der Waals surface area contributed by atoms with Gasteiger partial charge in [0, 0.05) is 19.1 Å². The quantitative estimate of drug-likeness (QED) is 0.776. The third-order valence-electron chi connectivity index (χ3n) is 2.80. The number of piperazine rings is 1. The summed E-state index contributed by atoms with van der Waals surface area (Å²) in [6, 6.07) is 0.404. The van der Waals surface area contributed by atoms with Crippen LogP contribution >= 0.6 is 0 Å². The Bertz CT molecular complexity index is 246. The first-order valence-electron chi connectivity index (χ1n) is 6.01. The predicted molar refractivity (Wildman–Crippen MR) is 63.7 cm³/mol. The van der Waals surface area contributed by atoms with Gasteiger partial charge < -0.3 is 10.2 Å².